The molecule has 0 radical (unpaired) electrons. The number of ether oxygens (including phenoxy) is 1. The number of amides is 1. The van der Waals surface area contributed by atoms with Crippen molar-refractivity contribution < 1.29 is 9.53 Å². The van der Waals surface area contributed by atoms with E-state index >= 15 is 0 Å². The normalized spacial score (nSPS) is 11.2. The van der Waals surface area contributed by atoms with Gasteiger partial charge in [-0.3, -0.25) is 4.79 Å². The monoisotopic (exact) mass is 250 g/mol. The number of carbonyl (C=O) groups is 1. The fourth-order valence-corrected chi connectivity index (χ4v) is 1.53. The molecule has 4 nitrogen and oxygen atoms in total. The van der Waals surface area contributed by atoms with E-state index in [9.17, 15) is 4.79 Å². The van der Waals surface area contributed by atoms with Gasteiger partial charge in [0.1, 0.15) is 12.4 Å². The lowest BCUT2D eigenvalue weighted by molar-refractivity contribution is -0.134. The maximum atomic E-state index is 11.8. The maximum Gasteiger partial charge on any atom is 0.241 e. The first kappa shape index (κ1) is 14.5. The standard InChI is InChI=1S/C14H22N2O2/c1-11-5-7-12(8-6-11)18-10-9-16(4)13(17)14(2,3)15/h5-8H,9-10,15H2,1-4H3. The van der Waals surface area contributed by atoms with Crippen LogP contribution in [0.2, 0.25) is 0 Å². The summed E-state index contributed by atoms with van der Waals surface area (Å²) in [6.07, 6.45) is 0. The molecule has 18 heavy (non-hydrogen) atoms. The molecule has 100 valence electrons. The average Bonchev–Trinajstić information content (AvgIpc) is 2.29. The summed E-state index contributed by atoms with van der Waals surface area (Å²) < 4.78 is 5.56. The zero-order valence-corrected chi connectivity index (χ0v) is 11.6. The maximum absolute atomic E-state index is 11.8. The Labute approximate surface area is 109 Å². The highest BCUT2D eigenvalue weighted by atomic mass is 16.5. The van der Waals surface area contributed by atoms with Gasteiger partial charge in [-0.15, -0.1) is 0 Å². The number of aryl methyl sites for hydroxylation is 1. The molecule has 1 aromatic rings. The predicted octanol–water partition coefficient (Wildman–Crippen LogP) is 1.57. The molecule has 0 aliphatic heterocycles. The molecule has 0 heterocycles. The fourth-order valence-electron chi connectivity index (χ4n) is 1.53. The van der Waals surface area contributed by atoms with Crippen molar-refractivity contribution in [1.82, 2.24) is 4.90 Å². The molecule has 0 spiro atoms. The molecule has 1 aromatic carbocycles. The third-order valence-corrected chi connectivity index (χ3v) is 2.61. The molecule has 0 aliphatic rings. The van der Waals surface area contributed by atoms with Crippen molar-refractivity contribution in [2.24, 2.45) is 5.73 Å². The van der Waals surface area contributed by atoms with E-state index in [1.54, 1.807) is 25.8 Å². The number of hydrogen-bond donors (Lipinski definition) is 1. The lowest BCUT2D eigenvalue weighted by Crippen LogP contribution is -2.50. The van der Waals surface area contributed by atoms with E-state index < -0.39 is 5.54 Å². The number of hydrogen-bond acceptors (Lipinski definition) is 3. The van der Waals surface area contributed by atoms with Crippen molar-refractivity contribution in [2.75, 3.05) is 20.2 Å². The number of nitrogens with two attached hydrogens (primary N) is 1. The zero-order chi connectivity index (χ0) is 13.8. The van der Waals surface area contributed by atoms with E-state index in [4.69, 9.17) is 10.5 Å². The largest absolute Gasteiger partial charge is 0.492 e. The molecular formula is C14H22N2O2. The Morgan fingerprint density at radius 1 is 1.33 bits per heavy atom. The van der Waals surface area contributed by atoms with Crippen LogP contribution in [0.5, 0.6) is 5.75 Å². The SMILES string of the molecule is Cc1ccc(OCCN(C)C(=O)C(C)(C)N)cc1. The molecule has 0 unspecified atom stereocenters. The Morgan fingerprint density at radius 2 is 1.89 bits per heavy atom. The van der Waals surface area contributed by atoms with Gasteiger partial charge in [0, 0.05) is 7.05 Å². The second-order valence-corrected chi connectivity index (χ2v) is 5.11. The Hall–Kier alpha value is -1.55. The van der Waals surface area contributed by atoms with Crippen LogP contribution in [0.3, 0.4) is 0 Å². The lowest BCUT2D eigenvalue weighted by atomic mass is 10.1. The van der Waals surface area contributed by atoms with Crippen molar-refractivity contribution >= 4 is 5.91 Å². The van der Waals surface area contributed by atoms with Gasteiger partial charge in [-0.2, -0.15) is 0 Å². The van der Waals surface area contributed by atoms with E-state index in [-0.39, 0.29) is 5.91 Å². The van der Waals surface area contributed by atoms with Crippen LogP contribution >= 0.6 is 0 Å². The van der Waals surface area contributed by atoms with Gasteiger partial charge in [-0.1, -0.05) is 17.7 Å². The molecule has 0 bridgehead atoms. The Kier molecular flexibility index (Phi) is 4.73. The van der Waals surface area contributed by atoms with Gasteiger partial charge in [0.15, 0.2) is 0 Å². The van der Waals surface area contributed by atoms with Crippen LogP contribution in [0, 0.1) is 6.92 Å². The van der Waals surface area contributed by atoms with Crippen LogP contribution in [-0.2, 0) is 4.79 Å². The van der Waals surface area contributed by atoms with Crippen LogP contribution in [0.4, 0.5) is 0 Å². The molecule has 4 heteroatoms. The summed E-state index contributed by atoms with van der Waals surface area (Å²) in [5.74, 6) is 0.725. The Morgan fingerprint density at radius 3 is 2.39 bits per heavy atom. The minimum absolute atomic E-state index is 0.0880. The summed E-state index contributed by atoms with van der Waals surface area (Å²) in [6.45, 7) is 6.41. The summed E-state index contributed by atoms with van der Waals surface area (Å²) >= 11 is 0. The highest BCUT2D eigenvalue weighted by molar-refractivity contribution is 5.84. The first-order valence-electron chi connectivity index (χ1n) is 6.04. The van der Waals surface area contributed by atoms with E-state index in [0.717, 1.165) is 5.75 Å². The number of likely N-dealkylation sites (N-methyl/N-ethyl adjacent to an activating group) is 1. The third-order valence-electron chi connectivity index (χ3n) is 2.61. The molecule has 0 aromatic heterocycles. The number of nitrogens with zero attached hydrogens (tertiary/aromatic N) is 1. The summed E-state index contributed by atoms with van der Waals surface area (Å²) in [5.41, 5.74) is 6.11. The summed E-state index contributed by atoms with van der Waals surface area (Å²) in [4.78, 5) is 13.4. The summed E-state index contributed by atoms with van der Waals surface area (Å²) in [6, 6.07) is 7.83. The van der Waals surface area contributed by atoms with Crippen LogP contribution in [0.1, 0.15) is 19.4 Å². The van der Waals surface area contributed by atoms with Crippen molar-refractivity contribution in [3.05, 3.63) is 29.8 Å². The Balaban J connectivity index is 2.38. The molecule has 1 rings (SSSR count). The number of benzene rings is 1. The van der Waals surface area contributed by atoms with Crippen LogP contribution in [0.25, 0.3) is 0 Å². The minimum atomic E-state index is -0.835. The smallest absolute Gasteiger partial charge is 0.241 e. The third kappa shape index (κ3) is 4.37. The highest BCUT2D eigenvalue weighted by Crippen LogP contribution is 2.11. The quantitative estimate of drug-likeness (QED) is 0.863. The zero-order valence-electron chi connectivity index (χ0n) is 11.6. The number of carbonyl (C=O) groups excluding carboxylic acids is 1. The summed E-state index contributed by atoms with van der Waals surface area (Å²) in [5, 5.41) is 0. The molecule has 0 fully saturated rings. The van der Waals surface area contributed by atoms with E-state index in [1.165, 1.54) is 5.56 Å². The van der Waals surface area contributed by atoms with Crippen molar-refractivity contribution in [3.63, 3.8) is 0 Å². The molecule has 0 atom stereocenters. The predicted molar refractivity (Wildman–Crippen MR) is 72.6 cm³/mol. The molecule has 0 saturated heterocycles. The van der Waals surface area contributed by atoms with Crippen LogP contribution in [0.15, 0.2) is 24.3 Å². The van der Waals surface area contributed by atoms with Crippen LogP contribution < -0.4 is 10.5 Å². The van der Waals surface area contributed by atoms with E-state index in [2.05, 4.69) is 0 Å². The Bertz CT molecular complexity index is 393. The fraction of sp³-hybridized carbons (Fsp3) is 0.500. The molecule has 0 saturated carbocycles. The second-order valence-electron chi connectivity index (χ2n) is 5.11. The lowest BCUT2D eigenvalue weighted by Gasteiger charge is -2.25. The molecule has 1 amide bonds. The first-order valence-corrected chi connectivity index (χ1v) is 6.04. The second kappa shape index (κ2) is 5.87. The molecule has 2 N–H and O–H groups in total. The van der Waals surface area contributed by atoms with Gasteiger partial charge in [0.2, 0.25) is 5.91 Å². The van der Waals surface area contributed by atoms with Gasteiger partial charge >= 0.3 is 0 Å². The summed E-state index contributed by atoms with van der Waals surface area (Å²) in [7, 11) is 1.73. The first-order chi connectivity index (χ1) is 8.30. The van der Waals surface area contributed by atoms with Gasteiger partial charge in [-0.25, -0.2) is 0 Å². The van der Waals surface area contributed by atoms with Gasteiger partial charge < -0.3 is 15.4 Å². The minimum Gasteiger partial charge on any atom is -0.492 e. The molecular weight excluding hydrogens is 228 g/mol. The topological polar surface area (TPSA) is 55.6 Å². The number of rotatable bonds is 5. The van der Waals surface area contributed by atoms with Gasteiger partial charge in [-0.05, 0) is 32.9 Å². The van der Waals surface area contributed by atoms with E-state index in [0.29, 0.717) is 13.2 Å². The highest BCUT2D eigenvalue weighted by Gasteiger charge is 2.25. The van der Waals surface area contributed by atoms with E-state index in [1.807, 2.05) is 31.2 Å². The van der Waals surface area contributed by atoms with Gasteiger partial charge in [0.25, 0.3) is 0 Å². The van der Waals surface area contributed by atoms with Crippen molar-refractivity contribution in [2.45, 2.75) is 26.3 Å². The molecule has 0 aliphatic carbocycles. The van der Waals surface area contributed by atoms with Gasteiger partial charge in [0.05, 0.1) is 12.1 Å². The van der Waals surface area contributed by atoms with Crippen molar-refractivity contribution in [3.8, 4) is 5.75 Å². The van der Waals surface area contributed by atoms with Crippen LogP contribution in [-0.4, -0.2) is 36.5 Å². The average molecular weight is 250 g/mol. The van der Waals surface area contributed by atoms with Crippen molar-refractivity contribution in [1.29, 1.82) is 0 Å².